The zero-order valence-corrected chi connectivity index (χ0v) is 27.1. The van der Waals surface area contributed by atoms with E-state index in [1.807, 2.05) is 23.7 Å². The van der Waals surface area contributed by atoms with Crippen LogP contribution in [0.5, 0.6) is 0 Å². The Kier molecular flexibility index (Phi) is 5.57. The van der Waals surface area contributed by atoms with Crippen LogP contribution in [-0.2, 0) is 0 Å². The summed E-state index contributed by atoms with van der Waals surface area (Å²) in [6.07, 6.45) is 1.84. The van der Waals surface area contributed by atoms with Gasteiger partial charge in [0.05, 0.1) is 6.26 Å². The lowest BCUT2D eigenvalue weighted by Crippen LogP contribution is -1.91. The van der Waals surface area contributed by atoms with Crippen LogP contribution in [0.4, 0.5) is 0 Å². The van der Waals surface area contributed by atoms with Gasteiger partial charge in [-0.1, -0.05) is 121 Å². The number of thiophene rings is 1. The van der Waals surface area contributed by atoms with Crippen LogP contribution in [0, 0.1) is 0 Å². The Balaban J connectivity index is 1.16. The van der Waals surface area contributed by atoms with Crippen molar-refractivity contribution < 1.29 is 8.83 Å². The molecule has 11 aromatic rings. The molecule has 2 nitrogen and oxygen atoms in total. The molecule has 228 valence electrons. The van der Waals surface area contributed by atoms with Crippen molar-refractivity contribution in [2.45, 2.75) is 0 Å². The molecule has 3 heteroatoms. The van der Waals surface area contributed by atoms with Crippen LogP contribution in [-0.4, -0.2) is 0 Å². The van der Waals surface area contributed by atoms with Crippen LogP contribution in [0.15, 0.2) is 167 Å². The van der Waals surface area contributed by atoms with Crippen LogP contribution in [0.2, 0.25) is 0 Å². The largest absolute Gasteiger partial charge is 0.460 e. The number of fused-ring (bicyclic) bond motifs is 10. The number of rotatable bonds is 3. The summed E-state index contributed by atoms with van der Waals surface area (Å²) in [6.45, 7) is 0. The van der Waals surface area contributed by atoms with Crippen molar-refractivity contribution in [1.82, 2.24) is 0 Å². The molecule has 0 fully saturated rings. The highest BCUT2D eigenvalue weighted by molar-refractivity contribution is 7.26. The van der Waals surface area contributed by atoms with Crippen molar-refractivity contribution in [3.8, 4) is 33.4 Å². The second kappa shape index (κ2) is 10.2. The summed E-state index contributed by atoms with van der Waals surface area (Å²) in [5, 5.41) is 10.8. The third kappa shape index (κ3) is 3.82. The molecule has 0 aliphatic carbocycles. The van der Waals surface area contributed by atoms with Gasteiger partial charge in [0.2, 0.25) is 0 Å². The van der Waals surface area contributed by atoms with Crippen LogP contribution in [0.1, 0.15) is 0 Å². The molecule has 8 aromatic carbocycles. The third-order valence-corrected chi connectivity index (χ3v) is 11.4. The Labute approximate surface area is 285 Å². The maximum Gasteiger partial charge on any atom is 0.178 e. The molecular formula is C46H26O2S. The molecule has 0 aliphatic rings. The lowest BCUT2D eigenvalue weighted by atomic mass is 9.85. The van der Waals surface area contributed by atoms with Gasteiger partial charge in [-0.2, -0.15) is 0 Å². The number of furan rings is 2. The number of benzene rings is 8. The molecule has 0 spiro atoms. The van der Waals surface area contributed by atoms with E-state index < -0.39 is 0 Å². The maximum atomic E-state index is 6.68. The van der Waals surface area contributed by atoms with E-state index in [0.717, 1.165) is 49.6 Å². The topological polar surface area (TPSA) is 26.3 Å². The van der Waals surface area contributed by atoms with Crippen molar-refractivity contribution >= 4 is 86.0 Å². The lowest BCUT2D eigenvalue weighted by molar-refractivity contribution is 0.600. The lowest BCUT2D eigenvalue weighted by Gasteiger charge is -2.18. The van der Waals surface area contributed by atoms with E-state index in [-0.39, 0.29) is 0 Å². The van der Waals surface area contributed by atoms with Gasteiger partial charge in [0.1, 0.15) is 5.58 Å². The van der Waals surface area contributed by atoms with Crippen molar-refractivity contribution in [3.05, 3.63) is 158 Å². The van der Waals surface area contributed by atoms with E-state index in [2.05, 4.69) is 146 Å². The Morgan fingerprint density at radius 1 is 0.388 bits per heavy atom. The summed E-state index contributed by atoms with van der Waals surface area (Å²) < 4.78 is 15.5. The number of hydrogen-bond donors (Lipinski definition) is 0. The summed E-state index contributed by atoms with van der Waals surface area (Å²) in [7, 11) is 0. The zero-order chi connectivity index (χ0) is 32.1. The van der Waals surface area contributed by atoms with Crippen molar-refractivity contribution in [1.29, 1.82) is 0 Å². The Bertz CT molecular complexity index is 3050. The van der Waals surface area contributed by atoms with E-state index in [1.54, 1.807) is 0 Å². The Hall–Kier alpha value is -6.16. The molecule has 0 amide bonds. The van der Waals surface area contributed by atoms with Gasteiger partial charge in [0, 0.05) is 47.5 Å². The third-order valence-electron chi connectivity index (χ3n) is 10.2. The fourth-order valence-corrected chi connectivity index (χ4v) is 9.22. The predicted molar refractivity (Wildman–Crippen MR) is 208 cm³/mol. The van der Waals surface area contributed by atoms with Gasteiger partial charge in [-0.15, -0.1) is 11.3 Å². The second-order valence-corrected chi connectivity index (χ2v) is 13.8. The van der Waals surface area contributed by atoms with Gasteiger partial charge in [-0.25, -0.2) is 0 Å². The van der Waals surface area contributed by atoms with Crippen LogP contribution in [0.3, 0.4) is 0 Å². The minimum absolute atomic E-state index is 0.782. The molecule has 0 radical (unpaired) electrons. The second-order valence-electron chi connectivity index (χ2n) is 12.8. The molecule has 0 atom stereocenters. The molecule has 11 rings (SSSR count). The average Bonchev–Trinajstić information content (AvgIpc) is 3.87. The van der Waals surface area contributed by atoms with Gasteiger partial charge in [-0.05, 0) is 74.1 Å². The molecular weight excluding hydrogens is 617 g/mol. The van der Waals surface area contributed by atoms with E-state index in [0.29, 0.717) is 0 Å². The highest BCUT2D eigenvalue weighted by atomic mass is 32.1. The average molecular weight is 643 g/mol. The van der Waals surface area contributed by atoms with Gasteiger partial charge in [0.15, 0.2) is 11.2 Å². The Morgan fingerprint density at radius 3 is 1.80 bits per heavy atom. The zero-order valence-electron chi connectivity index (χ0n) is 26.2. The minimum atomic E-state index is 0.782. The molecule has 3 aromatic heterocycles. The molecule has 0 unspecified atom stereocenters. The summed E-state index contributed by atoms with van der Waals surface area (Å²) in [4.78, 5) is 0. The fourth-order valence-electron chi connectivity index (χ4n) is 8.00. The van der Waals surface area contributed by atoms with E-state index in [9.17, 15) is 0 Å². The molecule has 0 bridgehead atoms. The Morgan fingerprint density at radius 2 is 1.02 bits per heavy atom. The van der Waals surface area contributed by atoms with Gasteiger partial charge in [-0.3, -0.25) is 0 Å². The standard InChI is InChI=1S/C46H26O2S/c1-2-11-27(12-3-1)39-26-47-44-36(39)24-23-35-29-22-21-28(25-40(29)48-45(35)44)42-31-14-4-6-16-33(31)43(34-17-7-5-15-32(34)42)38-19-10-18-37-30-13-8-9-20-41(30)49-46(37)38/h1-26H. The first-order chi connectivity index (χ1) is 24.3. The quantitative estimate of drug-likeness (QED) is 0.179. The van der Waals surface area contributed by atoms with Crippen molar-refractivity contribution in [2.75, 3.05) is 0 Å². The van der Waals surface area contributed by atoms with E-state index in [4.69, 9.17) is 8.83 Å². The van der Waals surface area contributed by atoms with E-state index in [1.165, 1.54) is 58.4 Å². The van der Waals surface area contributed by atoms with Gasteiger partial charge < -0.3 is 8.83 Å². The van der Waals surface area contributed by atoms with Crippen LogP contribution < -0.4 is 0 Å². The van der Waals surface area contributed by atoms with Gasteiger partial charge in [0.25, 0.3) is 0 Å². The monoisotopic (exact) mass is 642 g/mol. The highest BCUT2D eigenvalue weighted by Gasteiger charge is 2.21. The van der Waals surface area contributed by atoms with E-state index >= 15 is 0 Å². The summed E-state index contributed by atoms with van der Waals surface area (Å²) in [6, 6.07) is 54.6. The molecule has 0 saturated heterocycles. The molecule has 0 aliphatic heterocycles. The maximum absolute atomic E-state index is 6.68. The summed E-state index contributed by atoms with van der Waals surface area (Å²) in [5.41, 5.74) is 9.53. The fraction of sp³-hybridized carbons (Fsp3) is 0. The van der Waals surface area contributed by atoms with Gasteiger partial charge >= 0.3 is 0 Å². The van der Waals surface area contributed by atoms with Crippen LogP contribution in [0.25, 0.3) is 108 Å². The first-order valence-corrected chi connectivity index (χ1v) is 17.4. The summed E-state index contributed by atoms with van der Waals surface area (Å²) in [5.74, 6) is 0. The predicted octanol–water partition coefficient (Wildman–Crippen LogP) is 14.0. The smallest absolute Gasteiger partial charge is 0.178 e. The van der Waals surface area contributed by atoms with Crippen molar-refractivity contribution in [2.24, 2.45) is 0 Å². The molecule has 49 heavy (non-hydrogen) atoms. The van der Waals surface area contributed by atoms with Crippen molar-refractivity contribution in [3.63, 3.8) is 0 Å². The first kappa shape index (κ1) is 26.9. The first-order valence-electron chi connectivity index (χ1n) is 16.6. The normalized spacial score (nSPS) is 12.1. The summed E-state index contributed by atoms with van der Waals surface area (Å²) >= 11 is 1.88. The minimum Gasteiger partial charge on any atom is -0.460 e. The molecule has 0 N–H and O–H groups in total. The van der Waals surface area contributed by atoms with Crippen LogP contribution >= 0.6 is 11.3 Å². The number of hydrogen-bond acceptors (Lipinski definition) is 3. The SMILES string of the molecule is c1ccc(-c2coc3c2ccc2c4ccc(-c5c6ccccc6c(-c6cccc7c6sc6ccccc67)c6ccccc56)cc4oc23)cc1. The highest BCUT2D eigenvalue weighted by Crippen LogP contribution is 2.48. The molecule has 0 saturated carbocycles. The molecule has 3 heterocycles.